The molecule has 188 valence electrons. The van der Waals surface area contributed by atoms with Crippen LogP contribution in [0.2, 0.25) is 0 Å². The summed E-state index contributed by atoms with van der Waals surface area (Å²) in [5, 5.41) is 4.62. The number of nitrogens with zero attached hydrogens (tertiary/aromatic N) is 1. The van der Waals surface area contributed by atoms with Crippen LogP contribution in [0, 0.1) is 27.7 Å². The number of oxime groups is 1. The van der Waals surface area contributed by atoms with Gasteiger partial charge in [0.05, 0.1) is 22.2 Å². The molecule has 0 bridgehead atoms. The quantitative estimate of drug-likeness (QED) is 0.304. The Kier molecular flexibility index (Phi) is 6.61. The van der Waals surface area contributed by atoms with Crippen LogP contribution in [0.3, 0.4) is 0 Å². The molecule has 0 spiro atoms. The molecule has 2 atom stereocenters. The Morgan fingerprint density at radius 2 is 1.38 bits per heavy atom. The van der Waals surface area contributed by atoms with Crippen molar-refractivity contribution in [3.05, 3.63) is 130 Å². The van der Waals surface area contributed by atoms with Crippen molar-refractivity contribution in [2.24, 2.45) is 5.16 Å². The minimum atomic E-state index is -3.80. The number of hydrogen-bond donors (Lipinski definition) is 1. The molecule has 5 nitrogen and oxygen atoms in total. The van der Waals surface area contributed by atoms with Gasteiger partial charge in [0.15, 0.2) is 6.10 Å². The minimum absolute atomic E-state index is 0.217. The first-order chi connectivity index (χ1) is 17.7. The second-order valence-electron chi connectivity index (χ2n) is 9.67. The van der Waals surface area contributed by atoms with Gasteiger partial charge in [0.25, 0.3) is 10.0 Å². The van der Waals surface area contributed by atoms with Crippen molar-refractivity contribution >= 4 is 21.4 Å². The fourth-order valence-corrected chi connectivity index (χ4v) is 6.24. The van der Waals surface area contributed by atoms with Gasteiger partial charge in [-0.05, 0) is 68.1 Å². The van der Waals surface area contributed by atoms with Gasteiger partial charge in [-0.3, -0.25) is 4.72 Å². The zero-order valence-corrected chi connectivity index (χ0v) is 22.2. The number of anilines is 1. The molecule has 6 heteroatoms. The topological polar surface area (TPSA) is 67.8 Å². The first-order valence-corrected chi connectivity index (χ1v) is 13.8. The molecule has 1 aliphatic heterocycles. The summed E-state index contributed by atoms with van der Waals surface area (Å²) in [6.45, 7) is 8.17. The van der Waals surface area contributed by atoms with Crippen molar-refractivity contribution in [3.63, 3.8) is 0 Å². The highest BCUT2D eigenvalue weighted by Crippen LogP contribution is 2.45. The van der Waals surface area contributed by atoms with Crippen LogP contribution in [-0.2, 0) is 14.9 Å². The lowest BCUT2D eigenvalue weighted by Gasteiger charge is -2.24. The fourth-order valence-electron chi connectivity index (χ4n) is 5.15. The van der Waals surface area contributed by atoms with Crippen LogP contribution >= 0.6 is 0 Å². The molecule has 4 aromatic rings. The van der Waals surface area contributed by atoms with Gasteiger partial charge in [-0.25, -0.2) is 8.42 Å². The smallest absolute Gasteiger partial charge is 0.261 e. The third-order valence-corrected chi connectivity index (χ3v) is 8.18. The molecule has 5 rings (SSSR count). The van der Waals surface area contributed by atoms with E-state index >= 15 is 0 Å². The molecule has 0 radical (unpaired) electrons. The number of sulfonamides is 1. The summed E-state index contributed by atoms with van der Waals surface area (Å²) in [5.74, 6) is -0.320. The van der Waals surface area contributed by atoms with E-state index in [-0.39, 0.29) is 10.8 Å². The van der Waals surface area contributed by atoms with Crippen LogP contribution in [0.5, 0.6) is 0 Å². The highest BCUT2D eigenvalue weighted by molar-refractivity contribution is 7.92. The van der Waals surface area contributed by atoms with Crippen molar-refractivity contribution < 1.29 is 13.3 Å². The van der Waals surface area contributed by atoms with Gasteiger partial charge in [-0.15, -0.1) is 0 Å². The summed E-state index contributed by atoms with van der Waals surface area (Å²) in [7, 11) is -3.80. The van der Waals surface area contributed by atoms with E-state index in [0.29, 0.717) is 5.69 Å². The van der Waals surface area contributed by atoms with E-state index < -0.39 is 16.1 Å². The lowest BCUT2D eigenvalue weighted by atomic mass is 9.80. The Morgan fingerprint density at radius 3 is 2.05 bits per heavy atom. The molecule has 0 fully saturated rings. The molecule has 0 unspecified atom stereocenters. The van der Waals surface area contributed by atoms with E-state index in [1.807, 2.05) is 55.5 Å². The lowest BCUT2D eigenvalue weighted by molar-refractivity contribution is 0.0764. The lowest BCUT2D eigenvalue weighted by Crippen LogP contribution is -2.21. The van der Waals surface area contributed by atoms with Gasteiger partial charge in [-0.2, -0.15) is 0 Å². The Morgan fingerprint density at radius 1 is 0.757 bits per heavy atom. The number of benzene rings is 4. The molecule has 1 aliphatic rings. The Bertz CT molecular complexity index is 1550. The van der Waals surface area contributed by atoms with Crippen molar-refractivity contribution in [3.8, 4) is 0 Å². The maximum absolute atomic E-state index is 13.4. The van der Waals surface area contributed by atoms with Crippen molar-refractivity contribution in [1.82, 2.24) is 0 Å². The third-order valence-electron chi connectivity index (χ3n) is 6.79. The molecule has 0 saturated heterocycles. The van der Waals surface area contributed by atoms with Crippen LogP contribution in [0.15, 0.2) is 101 Å². The molecule has 1 N–H and O–H groups in total. The molecule has 0 aliphatic carbocycles. The zero-order valence-electron chi connectivity index (χ0n) is 21.4. The van der Waals surface area contributed by atoms with E-state index in [0.717, 1.165) is 39.1 Å². The summed E-state index contributed by atoms with van der Waals surface area (Å²) in [6.07, 6.45) is -0.402. The third kappa shape index (κ3) is 4.89. The predicted octanol–water partition coefficient (Wildman–Crippen LogP) is 6.98. The van der Waals surface area contributed by atoms with Crippen LogP contribution < -0.4 is 4.72 Å². The normalized spacial score (nSPS) is 17.2. The van der Waals surface area contributed by atoms with Crippen molar-refractivity contribution in [1.29, 1.82) is 0 Å². The summed E-state index contributed by atoms with van der Waals surface area (Å²) in [4.78, 5) is 6.32. The predicted molar refractivity (Wildman–Crippen MR) is 149 cm³/mol. The van der Waals surface area contributed by atoms with Gasteiger partial charge in [-0.1, -0.05) is 89.1 Å². The fraction of sp³-hybridized carbons (Fsp3) is 0.194. The number of hydrogen-bond acceptors (Lipinski definition) is 4. The molecule has 0 amide bonds. The zero-order chi connectivity index (χ0) is 26.2. The van der Waals surface area contributed by atoms with E-state index in [9.17, 15) is 8.42 Å². The van der Waals surface area contributed by atoms with Gasteiger partial charge in [0.1, 0.15) is 0 Å². The summed E-state index contributed by atoms with van der Waals surface area (Å²) >= 11 is 0. The standard InChI is InChI=1S/C31H30N2O3S/c1-20-14-16-25(17-15-20)37(34,35)33-27-13-9-8-12-26(27)29-30(28-22(3)18-21(2)19-23(28)4)32-36-31(29)24-10-6-5-7-11-24/h5-19,29,31,33H,1-4H3/t29-,31+/m1/s1. The van der Waals surface area contributed by atoms with Gasteiger partial charge < -0.3 is 4.84 Å². The van der Waals surface area contributed by atoms with Gasteiger partial charge in [0.2, 0.25) is 0 Å². The summed E-state index contributed by atoms with van der Waals surface area (Å²) < 4.78 is 29.6. The molecule has 0 aromatic heterocycles. The van der Waals surface area contributed by atoms with Crippen LogP contribution in [0.4, 0.5) is 5.69 Å². The average molecular weight is 511 g/mol. The van der Waals surface area contributed by atoms with Crippen molar-refractivity contribution in [2.75, 3.05) is 4.72 Å². The van der Waals surface area contributed by atoms with Gasteiger partial charge in [0, 0.05) is 5.56 Å². The Labute approximate surface area is 218 Å². The second-order valence-corrected chi connectivity index (χ2v) is 11.4. The van der Waals surface area contributed by atoms with E-state index in [1.54, 1.807) is 30.3 Å². The molecule has 0 saturated carbocycles. The molecular formula is C31H30N2O3S. The summed E-state index contributed by atoms with van der Waals surface area (Å²) in [6, 6.07) is 28.6. The highest BCUT2D eigenvalue weighted by Gasteiger charge is 2.40. The van der Waals surface area contributed by atoms with Crippen LogP contribution in [0.1, 0.15) is 51.0 Å². The number of rotatable bonds is 6. The summed E-state index contributed by atoms with van der Waals surface area (Å²) in [5.41, 5.74) is 8.52. The molecular weight excluding hydrogens is 480 g/mol. The number of nitrogens with one attached hydrogen (secondary N) is 1. The van der Waals surface area contributed by atoms with Crippen LogP contribution in [0.25, 0.3) is 0 Å². The second kappa shape index (κ2) is 9.87. The Balaban J connectivity index is 1.64. The SMILES string of the molecule is Cc1ccc(S(=O)(=O)Nc2ccccc2[C@@H]2C(c3c(C)cc(C)cc3C)=NO[C@H]2c2ccccc2)cc1. The maximum atomic E-state index is 13.4. The number of aryl methyl sites for hydroxylation is 4. The first kappa shape index (κ1) is 24.8. The largest absolute Gasteiger partial charge is 0.386 e. The number of para-hydroxylation sites is 1. The average Bonchev–Trinajstić information content (AvgIpc) is 3.29. The maximum Gasteiger partial charge on any atom is 0.261 e. The first-order valence-electron chi connectivity index (χ1n) is 12.3. The van der Waals surface area contributed by atoms with E-state index in [4.69, 9.17) is 4.84 Å². The van der Waals surface area contributed by atoms with Crippen LogP contribution in [-0.4, -0.2) is 14.1 Å². The van der Waals surface area contributed by atoms with Gasteiger partial charge >= 0.3 is 0 Å². The molecule has 4 aromatic carbocycles. The Hall–Kier alpha value is -3.90. The highest BCUT2D eigenvalue weighted by atomic mass is 32.2. The molecule has 37 heavy (non-hydrogen) atoms. The monoisotopic (exact) mass is 510 g/mol. The minimum Gasteiger partial charge on any atom is -0.386 e. The van der Waals surface area contributed by atoms with E-state index in [2.05, 4.69) is 42.8 Å². The van der Waals surface area contributed by atoms with E-state index in [1.165, 1.54) is 5.56 Å². The van der Waals surface area contributed by atoms with Crippen molar-refractivity contribution in [2.45, 2.75) is 44.6 Å². The molecule has 1 heterocycles.